The predicted octanol–water partition coefficient (Wildman–Crippen LogP) is 4.05. The largest absolute Gasteiger partial charge is 0.326 e. The van der Waals surface area contributed by atoms with Crippen LogP contribution in [0, 0.1) is 17.3 Å². The van der Waals surface area contributed by atoms with Crippen LogP contribution in [0.1, 0.15) is 52.4 Å². The molecule has 0 radical (unpaired) electrons. The molecule has 0 unspecified atom stereocenters. The van der Waals surface area contributed by atoms with E-state index in [1.807, 2.05) is 0 Å². The van der Waals surface area contributed by atoms with E-state index < -0.39 is 10.0 Å². The number of alkyl halides is 1. The molecule has 2 N–H and O–H groups in total. The third-order valence-corrected chi connectivity index (χ3v) is 8.89. The van der Waals surface area contributed by atoms with Crippen LogP contribution in [0.5, 0.6) is 0 Å². The summed E-state index contributed by atoms with van der Waals surface area (Å²) in [6.45, 7) is 3.57. The van der Waals surface area contributed by atoms with E-state index in [0.29, 0.717) is 17.5 Å². The molecule has 4 aliphatic carbocycles. The molecule has 27 heavy (non-hydrogen) atoms. The van der Waals surface area contributed by atoms with E-state index in [9.17, 15) is 13.2 Å². The Hall–Kier alpha value is -0.920. The van der Waals surface area contributed by atoms with Gasteiger partial charge in [-0.3, -0.25) is 4.79 Å². The predicted molar refractivity (Wildman–Crippen MR) is 109 cm³/mol. The van der Waals surface area contributed by atoms with E-state index in [1.54, 1.807) is 38.1 Å². The summed E-state index contributed by atoms with van der Waals surface area (Å²) in [5.74, 6) is 1.38. The summed E-state index contributed by atoms with van der Waals surface area (Å²) < 4.78 is 27.2. The van der Waals surface area contributed by atoms with Crippen LogP contribution in [0.2, 0.25) is 0 Å². The van der Waals surface area contributed by atoms with E-state index in [-0.39, 0.29) is 26.6 Å². The number of carbonyl (C=O) groups excluding carboxylic acids is 1. The molecule has 4 bridgehead atoms. The maximum absolute atomic E-state index is 13.2. The van der Waals surface area contributed by atoms with Gasteiger partial charge in [-0.25, -0.2) is 13.1 Å². The Morgan fingerprint density at radius 1 is 1.11 bits per heavy atom. The molecular formula is C20H27BrN2O3S. The summed E-state index contributed by atoms with van der Waals surface area (Å²) in [4.78, 5) is 13.4. The minimum absolute atomic E-state index is 0.0938. The van der Waals surface area contributed by atoms with E-state index >= 15 is 0 Å². The van der Waals surface area contributed by atoms with Crippen LogP contribution < -0.4 is 10.0 Å². The number of amides is 1. The first kappa shape index (κ1) is 19.4. The third kappa shape index (κ3) is 3.70. The van der Waals surface area contributed by atoms with Crippen LogP contribution >= 0.6 is 15.9 Å². The third-order valence-electron chi connectivity index (χ3n) is 6.28. The second-order valence-electron chi connectivity index (χ2n) is 9.15. The van der Waals surface area contributed by atoms with Gasteiger partial charge in [0, 0.05) is 16.1 Å². The topological polar surface area (TPSA) is 75.3 Å². The van der Waals surface area contributed by atoms with Crippen LogP contribution in [0.3, 0.4) is 0 Å². The number of halogens is 1. The zero-order valence-corrected chi connectivity index (χ0v) is 18.2. The fourth-order valence-electron chi connectivity index (χ4n) is 5.78. The lowest BCUT2D eigenvalue weighted by Crippen LogP contribution is -2.57. The van der Waals surface area contributed by atoms with Crippen molar-refractivity contribution in [2.75, 3.05) is 5.32 Å². The molecule has 7 heteroatoms. The zero-order valence-electron chi connectivity index (χ0n) is 15.8. The average molecular weight is 455 g/mol. The molecule has 1 amide bonds. The molecule has 4 saturated carbocycles. The standard InChI is InChI=1S/C20H27BrN2O3S/c1-13(2)23-27(25,26)17-5-3-16(4-6-17)22-18(24)19-8-14-7-15(9-19)11-20(21,10-14)12-19/h3-6,13-15,23H,7-12H2,1-2H3,(H,22,24)/t14-,15-,19?,20?/m1/s1. The quantitative estimate of drug-likeness (QED) is 0.658. The van der Waals surface area contributed by atoms with Gasteiger partial charge in [0.25, 0.3) is 0 Å². The highest BCUT2D eigenvalue weighted by molar-refractivity contribution is 9.10. The average Bonchev–Trinajstić information content (AvgIpc) is 2.51. The van der Waals surface area contributed by atoms with Gasteiger partial charge in [-0.1, -0.05) is 15.9 Å². The number of hydrogen-bond acceptors (Lipinski definition) is 3. The summed E-state index contributed by atoms with van der Waals surface area (Å²) in [6, 6.07) is 6.29. The van der Waals surface area contributed by atoms with Crippen molar-refractivity contribution in [2.24, 2.45) is 17.3 Å². The second kappa shape index (κ2) is 6.56. The van der Waals surface area contributed by atoms with Crippen molar-refractivity contribution < 1.29 is 13.2 Å². The van der Waals surface area contributed by atoms with Crippen molar-refractivity contribution in [3.63, 3.8) is 0 Å². The number of sulfonamides is 1. The summed E-state index contributed by atoms with van der Waals surface area (Å²) in [5, 5.41) is 3.06. The molecule has 0 aromatic heterocycles. The van der Waals surface area contributed by atoms with Gasteiger partial charge in [0.1, 0.15) is 0 Å². The highest BCUT2D eigenvalue weighted by Crippen LogP contribution is 2.64. The molecule has 0 spiro atoms. The molecule has 2 atom stereocenters. The Morgan fingerprint density at radius 2 is 1.70 bits per heavy atom. The van der Waals surface area contributed by atoms with Gasteiger partial charge in [0.05, 0.1) is 10.3 Å². The summed E-state index contributed by atoms with van der Waals surface area (Å²) in [6.07, 6.45) is 6.50. The summed E-state index contributed by atoms with van der Waals surface area (Å²) in [5.41, 5.74) is 0.375. The maximum atomic E-state index is 13.2. The molecule has 4 aliphatic rings. The van der Waals surface area contributed by atoms with E-state index in [2.05, 4.69) is 26.0 Å². The van der Waals surface area contributed by atoms with Gasteiger partial charge in [0.2, 0.25) is 15.9 Å². The molecular weight excluding hydrogens is 428 g/mol. The summed E-state index contributed by atoms with van der Waals surface area (Å²) >= 11 is 3.94. The fraction of sp³-hybridized carbons (Fsp3) is 0.650. The van der Waals surface area contributed by atoms with Crippen molar-refractivity contribution in [2.45, 2.75) is 67.6 Å². The van der Waals surface area contributed by atoms with E-state index in [4.69, 9.17) is 0 Å². The molecule has 1 aromatic carbocycles. The van der Waals surface area contributed by atoms with Gasteiger partial charge in [-0.05, 0) is 88.5 Å². The Balaban J connectivity index is 1.49. The minimum atomic E-state index is -3.52. The molecule has 148 valence electrons. The number of nitrogens with one attached hydrogen (secondary N) is 2. The van der Waals surface area contributed by atoms with Crippen molar-refractivity contribution in [3.8, 4) is 0 Å². The Morgan fingerprint density at radius 3 is 2.22 bits per heavy atom. The zero-order chi connectivity index (χ0) is 19.4. The van der Waals surface area contributed by atoms with Crippen molar-refractivity contribution >= 4 is 37.5 Å². The lowest BCUT2D eigenvalue weighted by atomic mass is 9.49. The van der Waals surface area contributed by atoms with Crippen molar-refractivity contribution in [3.05, 3.63) is 24.3 Å². The smallest absolute Gasteiger partial charge is 0.240 e. The molecule has 5 rings (SSSR count). The lowest BCUT2D eigenvalue weighted by Gasteiger charge is -2.59. The first-order valence-electron chi connectivity index (χ1n) is 9.72. The lowest BCUT2D eigenvalue weighted by molar-refractivity contribution is -0.138. The minimum Gasteiger partial charge on any atom is -0.326 e. The van der Waals surface area contributed by atoms with Gasteiger partial charge < -0.3 is 5.32 Å². The molecule has 0 saturated heterocycles. The van der Waals surface area contributed by atoms with Gasteiger partial charge in [-0.2, -0.15) is 0 Å². The molecule has 5 nitrogen and oxygen atoms in total. The van der Waals surface area contributed by atoms with Crippen molar-refractivity contribution in [1.82, 2.24) is 4.72 Å². The normalized spacial score (nSPS) is 34.8. The van der Waals surface area contributed by atoms with E-state index in [0.717, 1.165) is 19.3 Å². The Labute approximate surface area is 169 Å². The van der Waals surface area contributed by atoms with Crippen molar-refractivity contribution in [1.29, 1.82) is 0 Å². The van der Waals surface area contributed by atoms with Gasteiger partial charge in [0.15, 0.2) is 0 Å². The maximum Gasteiger partial charge on any atom is 0.240 e. The number of hydrogen-bond donors (Lipinski definition) is 2. The molecule has 1 aromatic rings. The van der Waals surface area contributed by atoms with Gasteiger partial charge >= 0.3 is 0 Å². The highest BCUT2D eigenvalue weighted by Gasteiger charge is 2.59. The number of rotatable bonds is 5. The monoisotopic (exact) mass is 454 g/mol. The molecule has 0 aliphatic heterocycles. The Kier molecular flexibility index (Phi) is 4.71. The number of anilines is 1. The van der Waals surface area contributed by atoms with Crippen LogP contribution in [0.4, 0.5) is 5.69 Å². The Bertz CT molecular complexity index is 836. The molecule has 0 heterocycles. The number of benzene rings is 1. The summed E-state index contributed by atoms with van der Waals surface area (Å²) in [7, 11) is -3.52. The van der Waals surface area contributed by atoms with Crippen LogP contribution in [-0.4, -0.2) is 24.7 Å². The second-order valence-corrected chi connectivity index (χ2v) is 12.5. The number of carbonyl (C=O) groups is 1. The first-order valence-corrected chi connectivity index (χ1v) is 12.0. The van der Waals surface area contributed by atoms with Crippen LogP contribution in [0.15, 0.2) is 29.2 Å². The van der Waals surface area contributed by atoms with Crippen LogP contribution in [0.25, 0.3) is 0 Å². The van der Waals surface area contributed by atoms with Crippen LogP contribution in [-0.2, 0) is 14.8 Å². The SMILES string of the molecule is CC(C)NS(=O)(=O)c1ccc(NC(=O)C23C[C@H]4C[C@@H](CC(Br)(C4)C2)C3)cc1. The van der Waals surface area contributed by atoms with Gasteiger partial charge in [-0.15, -0.1) is 0 Å². The highest BCUT2D eigenvalue weighted by atomic mass is 79.9. The first-order chi connectivity index (χ1) is 12.6. The van der Waals surface area contributed by atoms with E-state index in [1.165, 1.54) is 19.3 Å². The molecule has 4 fully saturated rings. The fourth-order valence-corrected chi connectivity index (χ4v) is 8.48.